The van der Waals surface area contributed by atoms with Gasteiger partial charge in [0.05, 0.1) is 27.2 Å². The smallest absolute Gasteiger partial charge is 0.267 e. The Morgan fingerprint density at radius 2 is 1.91 bits per heavy atom. The largest absolute Gasteiger partial charge is 0.282 e. The van der Waals surface area contributed by atoms with Crippen molar-refractivity contribution in [2.75, 3.05) is 0 Å². The van der Waals surface area contributed by atoms with Gasteiger partial charge in [-0.05, 0) is 36.8 Å². The lowest BCUT2D eigenvalue weighted by Gasteiger charge is -2.05. The lowest BCUT2D eigenvalue weighted by Crippen LogP contribution is -2.20. The number of nitrogens with zero attached hydrogens (tertiary/aromatic N) is 3. The fraction of sp³-hybridized carbons (Fsp3) is 0.0625. The summed E-state index contributed by atoms with van der Waals surface area (Å²) < 4.78 is 1.27. The van der Waals surface area contributed by atoms with E-state index >= 15 is 0 Å². The number of halogens is 2. The Labute approximate surface area is 136 Å². The first kappa shape index (κ1) is 14.8. The van der Waals surface area contributed by atoms with Crippen LogP contribution in [0.1, 0.15) is 11.4 Å². The maximum absolute atomic E-state index is 12.5. The van der Waals surface area contributed by atoms with E-state index in [4.69, 9.17) is 23.2 Å². The van der Waals surface area contributed by atoms with Crippen LogP contribution < -0.4 is 5.56 Å². The molecule has 0 aliphatic carbocycles. The van der Waals surface area contributed by atoms with Crippen LogP contribution in [0.3, 0.4) is 0 Å². The van der Waals surface area contributed by atoms with Crippen LogP contribution in [0.25, 0.3) is 10.9 Å². The summed E-state index contributed by atoms with van der Waals surface area (Å²) in [4.78, 5) is 16.8. The molecule has 22 heavy (non-hydrogen) atoms. The van der Waals surface area contributed by atoms with Crippen LogP contribution >= 0.6 is 23.2 Å². The van der Waals surface area contributed by atoms with E-state index < -0.39 is 0 Å². The molecule has 0 N–H and O–H groups in total. The van der Waals surface area contributed by atoms with Gasteiger partial charge in [-0.25, -0.2) is 4.98 Å². The van der Waals surface area contributed by atoms with Crippen molar-refractivity contribution in [1.29, 1.82) is 0 Å². The highest BCUT2D eigenvalue weighted by Gasteiger charge is 2.06. The monoisotopic (exact) mass is 331 g/mol. The van der Waals surface area contributed by atoms with Crippen molar-refractivity contribution in [3.8, 4) is 0 Å². The molecule has 0 unspecified atom stereocenters. The number of para-hydroxylation sites is 1. The number of aromatic nitrogens is 2. The van der Waals surface area contributed by atoms with Crippen LogP contribution in [0.4, 0.5) is 0 Å². The zero-order valence-electron chi connectivity index (χ0n) is 11.6. The van der Waals surface area contributed by atoms with Crippen LogP contribution in [0, 0.1) is 6.92 Å². The molecule has 0 saturated carbocycles. The summed E-state index contributed by atoms with van der Waals surface area (Å²) in [5.41, 5.74) is 1.19. The van der Waals surface area contributed by atoms with E-state index in [-0.39, 0.29) is 5.56 Å². The van der Waals surface area contributed by atoms with Crippen molar-refractivity contribution in [3.05, 3.63) is 74.3 Å². The molecule has 4 nitrogen and oxygen atoms in total. The Morgan fingerprint density at radius 3 is 2.68 bits per heavy atom. The normalized spacial score (nSPS) is 11.4. The van der Waals surface area contributed by atoms with Crippen LogP contribution in [0.15, 0.2) is 52.4 Å². The highest BCUT2D eigenvalue weighted by atomic mass is 35.5. The maximum atomic E-state index is 12.5. The summed E-state index contributed by atoms with van der Waals surface area (Å²) in [5.74, 6) is 0.514. The number of fused-ring (bicyclic) bond motifs is 1. The first-order valence-electron chi connectivity index (χ1n) is 6.54. The van der Waals surface area contributed by atoms with Crippen molar-refractivity contribution >= 4 is 40.3 Å². The molecule has 3 rings (SSSR count). The molecular formula is C16H11Cl2N3O. The highest BCUT2D eigenvalue weighted by molar-refractivity contribution is 6.42. The molecule has 0 aliphatic heterocycles. The predicted molar refractivity (Wildman–Crippen MR) is 90.2 cm³/mol. The Bertz CT molecular complexity index is 948. The summed E-state index contributed by atoms with van der Waals surface area (Å²) in [6, 6.07) is 12.3. The first-order chi connectivity index (χ1) is 10.6. The molecule has 0 spiro atoms. The third kappa shape index (κ3) is 2.75. The molecule has 0 radical (unpaired) electrons. The van der Waals surface area contributed by atoms with Crippen LogP contribution in [-0.4, -0.2) is 15.9 Å². The molecule has 0 fully saturated rings. The lowest BCUT2D eigenvalue weighted by atomic mass is 10.2. The van der Waals surface area contributed by atoms with E-state index in [1.807, 2.05) is 6.07 Å². The van der Waals surface area contributed by atoms with Gasteiger partial charge in [0.1, 0.15) is 5.82 Å². The lowest BCUT2D eigenvalue weighted by molar-refractivity contribution is 0.771. The number of aryl methyl sites for hydroxylation is 1. The van der Waals surface area contributed by atoms with Gasteiger partial charge in [0.2, 0.25) is 0 Å². The van der Waals surface area contributed by atoms with Gasteiger partial charge in [-0.1, -0.05) is 41.4 Å². The van der Waals surface area contributed by atoms with Gasteiger partial charge in [-0.3, -0.25) is 4.79 Å². The van der Waals surface area contributed by atoms with Crippen molar-refractivity contribution in [2.24, 2.45) is 5.10 Å². The Kier molecular flexibility index (Phi) is 3.96. The second kappa shape index (κ2) is 5.91. The molecule has 3 aromatic rings. The minimum Gasteiger partial charge on any atom is -0.267 e. The molecule has 2 aromatic carbocycles. The predicted octanol–water partition coefficient (Wildman–Crippen LogP) is 3.89. The molecule has 0 amide bonds. The van der Waals surface area contributed by atoms with Gasteiger partial charge in [0.15, 0.2) is 0 Å². The first-order valence-corrected chi connectivity index (χ1v) is 7.29. The van der Waals surface area contributed by atoms with Gasteiger partial charge in [-0.15, -0.1) is 0 Å². The fourth-order valence-corrected chi connectivity index (χ4v) is 2.39. The average Bonchev–Trinajstić information content (AvgIpc) is 2.50. The Balaban J connectivity index is 2.08. The van der Waals surface area contributed by atoms with E-state index in [0.717, 1.165) is 5.56 Å². The summed E-state index contributed by atoms with van der Waals surface area (Å²) in [5, 5.41) is 5.65. The minimum atomic E-state index is -0.209. The fourth-order valence-electron chi connectivity index (χ4n) is 2.09. The number of benzene rings is 2. The second-order valence-electron chi connectivity index (χ2n) is 4.71. The van der Waals surface area contributed by atoms with Crippen molar-refractivity contribution in [2.45, 2.75) is 6.92 Å². The topological polar surface area (TPSA) is 47.2 Å². The number of rotatable bonds is 2. The van der Waals surface area contributed by atoms with E-state index in [1.54, 1.807) is 49.5 Å². The number of hydrogen-bond acceptors (Lipinski definition) is 3. The van der Waals surface area contributed by atoms with Gasteiger partial charge in [0.25, 0.3) is 5.56 Å². The third-order valence-corrected chi connectivity index (χ3v) is 3.92. The van der Waals surface area contributed by atoms with Crippen LogP contribution in [-0.2, 0) is 0 Å². The summed E-state index contributed by atoms with van der Waals surface area (Å²) in [6.45, 7) is 1.74. The molecule has 1 aromatic heterocycles. The third-order valence-electron chi connectivity index (χ3n) is 3.18. The molecule has 0 atom stereocenters. The molecule has 1 heterocycles. The van der Waals surface area contributed by atoms with Gasteiger partial charge < -0.3 is 0 Å². The highest BCUT2D eigenvalue weighted by Crippen LogP contribution is 2.21. The molecule has 0 bridgehead atoms. The average molecular weight is 332 g/mol. The second-order valence-corrected chi connectivity index (χ2v) is 5.53. The molecular weight excluding hydrogens is 321 g/mol. The van der Waals surface area contributed by atoms with Crippen molar-refractivity contribution < 1.29 is 0 Å². The Hall–Kier alpha value is -2.17. The van der Waals surface area contributed by atoms with E-state index in [2.05, 4.69) is 10.1 Å². The van der Waals surface area contributed by atoms with Gasteiger partial charge >= 0.3 is 0 Å². The summed E-state index contributed by atoms with van der Waals surface area (Å²) in [7, 11) is 0. The maximum Gasteiger partial charge on any atom is 0.282 e. The summed E-state index contributed by atoms with van der Waals surface area (Å²) >= 11 is 11.8. The Morgan fingerprint density at radius 1 is 1.14 bits per heavy atom. The number of hydrogen-bond donors (Lipinski definition) is 0. The van der Waals surface area contributed by atoms with Gasteiger partial charge in [0, 0.05) is 0 Å². The van der Waals surface area contributed by atoms with Crippen LogP contribution in [0.2, 0.25) is 10.0 Å². The standard InChI is InChI=1S/C16H11Cl2N3O/c1-10-20-15-5-3-2-4-12(15)16(22)21(10)19-9-11-6-7-13(17)14(18)8-11/h2-9H,1H3/b19-9+. The van der Waals surface area contributed by atoms with Crippen LogP contribution in [0.5, 0.6) is 0 Å². The minimum absolute atomic E-state index is 0.209. The SMILES string of the molecule is Cc1nc2ccccc2c(=O)n1/N=C/c1ccc(Cl)c(Cl)c1. The zero-order valence-corrected chi connectivity index (χ0v) is 13.1. The molecule has 0 aliphatic rings. The molecule has 0 saturated heterocycles. The van der Waals surface area contributed by atoms with E-state index in [0.29, 0.717) is 26.8 Å². The zero-order chi connectivity index (χ0) is 15.7. The van der Waals surface area contributed by atoms with Gasteiger partial charge in [-0.2, -0.15) is 9.78 Å². The summed E-state index contributed by atoms with van der Waals surface area (Å²) in [6.07, 6.45) is 1.55. The molecule has 110 valence electrons. The van der Waals surface area contributed by atoms with Crippen molar-refractivity contribution in [1.82, 2.24) is 9.66 Å². The van der Waals surface area contributed by atoms with E-state index in [1.165, 1.54) is 4.68 Å². The molecule has 6 heteroatoms. The quantitative estimate of drug-likeness (QED) is 0.668. The van der Waals surface area contributed by atoms with Crippen molar-refractivity contribution in [3.63, 3.8) is 0 Å². The van der Waals surface area contributed by atoms with E-state index in [9.17, 15) is 4.79 Å².